The van der Waals surface area contributed by atoms with E-state index in [-0.39, 0.29) is 0 Å². The highest BCUT2D eigenvalue weighted by Crippen LogP contribution is 2.21. The quantitative estimate of drug-likeness (QED) is 0.863. The van der Waals surface area contributed by atoms with E-state index < -0.39 is 0 Å². The van der Waals surface area contributed by atoms with Crippen LogP contribution in [-0.4, -0.2) is 35.7 Å². The molecule has 1 aromatic carbocycles. The van der Waals surface area contributed by atoms with Crippen molar-refractivity contribution in [3.63, 3.8) is 0 Å². The summed E-state index contributed by atoms with van der Waals surface area (Å²) in [6.45, 7) is 5.65. The van der Waals surface area contributed by atoms with Crippen LogP contribution in [0.2, 0.25) is 0 Å². The molecule has 100 valence electrons. The Bertz CT molecular complexity index is 377. The predicted octanol–water partition coefficient (Wildman–Crippen LogP) is 2.53. The SMILES string of the molecule is CC(NC1CCN(C)C(C)C1)c1ccc(O)cc1. The van der Waals surface area contributed by atoms with E-state index in [2.05, 4.69) is 31.1 Å². The van der Waals surface area contributed by atoms with Crippen molar-refractivity contribution in [1.29, 1.82) is 0 Å². The minimum absolute atomic E-state index is 0.332. The van der Waals surface area contributed by atoms with Crippen molar-refractivity contribution in [3.05, 3.63) is 29.8 Å². The first-order valence-electron chi connectivity index (χ1n) is 6.81. The van der Waals surface area contributed by atoms with Gasteiger partial charge in [-0.25, -0.2) is 0 Å². The molecule has 3 unspecified atom stereocenters. The van der Waals surface area contributed by atoms with Crippen LogP contribution < -0.4 is 5.32 Å². The maximum absolute atomic E-state index is 9.30. The number of piperidine rings is 1. The van der Waals surface area contributed by atoms with Crippen LogP contribution in [0.3, 0.4) is 0 Å². The van der Waals surface area contributed by atoms with Gasteiger partial charge in [-0.1, -0.05) is 12.1 Å². The van der Waals surface area contributed by atoms with Gasteiger partial charge < -0.3 is 15.3 Å². The van der Waals surface area contributed by atoms with Crippen LogP contribution in [0.25, 0.3) is 0 Å². The topological polar surface area (TPSA) is 35.5 Å². The zero-order valence-electron chi connectivity index (χ0n) is 11.6. The van der Waals surface area contributed by atoms with E-state index in [0.29, 0.717) is 23.9 Å². The average Bonchev–Trinajstić information content (AvgIpc) is 2.34. The van der Waals surface area contributed by atoms with Crippen LogP contribution in [0, 0.1) is 0 Å². The molecule has 18 heavy (non-hydrogen) atoms. The zero-order chi connectivity index (χ0) is 13.1. The maximum atomic E-state index is 9.30. The molecule has 1 heterocycles. The lowest BCUT2D eigenvalue weighted by molar-refractivity contribution is 0.163. The molecule has 0 spiro atoms. The normalized spacial score (nSPS) is 27.1. The number of aromatic hydroxyl groups is 1. The highest BCUT2D eigenvalue weighted by atomic mass is 16.3. The van der Waals surface area contributed by atoms with Crippen LogP contribution in [0.5, 0.6) is 5.75 Å². The van der Waals surface area contributed by atoms with Crippen molar-refractivity contribution in [3.8, 4) is 5.75 Å². The van der Waals surface area contributed by atoms with Gasteiger partial charge in [0.1, 0.15) is 5.75 Å². The van der Waals surface area contributed by atoms with Crippen molar-refractivity contribution >= 4 is 0 Å². The van der Waals surface area contributed by atoms with Crippen LogP contribution in [-0.2, 0) is 0 Å². The van der Waals surface area contributed by atoms with Gasteiger partial charge in [0, 0.05) is 18.1 Å². The Balaban J connectivity index is 1.91. The largest absolute Gasteiger partial charge is 0.508 e. The van der Waals surface area contributed by atoms with Gasteiger partial charge in [0.05, 0.1) is 0 Å². The zero-order valence-corrected chi connectivity index (χ0v) is 11.6. The first kappa shape index (κ1) is 13.4. The first-order chi connectivity index (χ1) is 8.56. The van der Waals surface area contributed by atoms with Crippen molar-refractivity contribution in [2.75, 3.05) is 13.6 Å². The molecule has 2 rings (SSSR count). The molecule has 0 radical (unpaired) electrons. The molecule has 0 aliphatic carbocycles. The Kier molecular flexibility index (Phi) is 4.25. The fourth-order valence-electron chi connectivity index (χ4n) is 2.65. The molecule has 3 heteroatoms. The molecule has 0 bridgehead atoms. The van der Waals surface area contributed by atoms with Gasteiger partial charge in [-0.3, -0.25) is 0 Å². The Morgan fingerprint density at radius 1 is 1.33 bits per heavy atom. The van der Waals surface area contributed by atoms with Crippen molar-refractivity contribution in [2.24, 2.45) is 0 Å². The van der Waals surface area contributed by atoms with Gasteiger partial charge in [0.2, 0.25) is 0 Å². The number of rotatable bonds is 3. The molecule has 1 aromatic rings. The lowest BCUT2D eigenvalue weighted by atomic mass is 9.97. The van der Waals surface area contributed by atoms with Crippen molar-refractivity contribution < 1.29 is 5.11 Å². The Hall–Kier alpha value is -1.06. The van der Waals surface area contributed by atoms with Gasteiger partial charge in [-0.05, 0) is 58.0 Å². The minimum Gasteiger partial charge on any atom is -0.508 e. The molecule has 3 atom stereocenters. The number of hydrogen-bond acceptors (Lipinski definition) is 3. The average molecular weight is 248 g/mol. The van der Waals surface area contributed by atoms with E-state index in [0.717, 1.165) is 0 Å². The number of likely N-dealkylation sites (tertiary alicyclic amines) is 1. The minimum atomic E-state index is 0.332. The molecule has 0 saturated carbocycles. The summed E-state index contributed by atoms with van der Waals surface area (Å²) in [4.78, 5) is 2.42. The van der Waals surface area contributed by atoms with Crippen LogP contribution in [0.1, 0.15) is 38.3 Å². The third-order valence-electron chi connectivity index (χ3n) is 4.09. The van der Waals surface area contributed by atoms with Gasteiger partial charge in [-0.2, -0.15) is 0 Å². The lowest BCUT2D eigenvalue weighted by Crippen LogP contribution is -2.46. The molecule has 0 aromatic heterocycles. The van der Waals surface area contributed by atoms with Gasteiger partial charge in [-0.15, -0.1) is 0 Å². The van der Waals surface area contributed by atoms with Gasteiger partial charge in [0.15, 0.2) is 0 Å². The van der Waals surface area contributed by atoms with E-state index >= 15 is 0 Å². The molecular weight excluding hydrogens is 224 g/mol. The van der Waals surface area contributed by atoms with E-state index in [1.807, 2.05) is 12.1 Å². The highest BCUT2D eigenvalue weighted by molar-refractivity contribution is 5.27. The molecule has 0 amide bonds. The number of phenols is 1. The molecule has 1 fully saturated rings. The number of nitrogens with zero attached hydrogens (tertiary/aromatic N) is 1. The summed E-state index contributed by atoms with van der Waals surface area (Å²) in [7, 11) is 2.20. The van der Waals surface area contributed by atoms with Crippen molar-refractivity contribution in [2.45, 2.75) is 44.8 Å². The fraction of sp³-hybridized carbons (Fsp3) is 0.600. The fourth-order valence-corrected chi connectivity index (χ4v) is 2.65. The summed E-state index contributed by atoms with van der Waals surface area (Å²) >= 11 is 0. The highest BCUT2D eigenvalue weighted by Gasteiger charge is 2.23. The molecular formula is C15H24N2O. The van der Waals surface area contributed by atoms with Crippen LogP contribution >= 0.6 is 0 Å². The summed E-state index contributed by atoms with van der Waals surface area (Å²) in [5, 5.41) is 13.0. The molecule has 1 aliphatic heterocycles. The summed E-state index contributed by atoms with van der Waals surface area (Å²) in [6, 6.07) is 9.08. The van der Waals surface area contributed by atoms with Crippen LogP contribution in [0.4, 0.5) is 0 Å². The van der Waals surface area contributed by atoms with E-state index in [9.17, 15) is 5.11 Å². The molecule has 1 aliphatic rings. The molecule has 1 saturated heterocycles. The first-order valence-corrected chi connectivity index (χ1v) is 6.81. The second kappa shape index (κ2) is 5.72. The second-order valence-electron chi connectivity index (χ2n) is 5.53. The monoisotopic (exact) mass is 248 g/mol. The number of hydrogen-bond donors (Lipinski definition) is 2. The van der Waals surface area contributed by atoms with E-state index in [1.165, 1.54) is 24.9 Å². The van der Waals surface area contributed by atoms with E-state index in [1.54, 1.807) is 12.1 Å². The Labute approximate surface area is 110 Å². The Morgan fingerprint density at radius 3 is 2.61 bits per heavy atom. The smallest absolute Gasteiger partial charge is 0.115 e. The summed E-state index contributed by atoms with van der Waals surface area (Å²) < 4.78 is 0. The number of benzene rings is 1. The maximum Gasteiger partial charge on any atom is 0.115 e. The Morgan fingerprint density at radius 2 is 2.00 bits per heavy atom. The summed E-state index contributed by atoms with van der Waals surface area (Å²) in [5.74, 6) is 0.332. The molecule has 3 nitrogen and oxygen atoms in total. The summed E-state index contributed by atoms with van der Waals surface area (Å²) in [5.41, 5.74) is 1.24. The molecule has 2 N–H and O–H groups in total. The standard InChI is InChI=1S/C15H24N2O/c1-11-10-14(8-9-17(11)3)16-12(2)13-4-6-15(18)7-5-13/h4-7,11-12,14,16,18H,8-10H2,1-3H3. The summed E-state index contributed by atoms with van der Waals surface area (Å²) in [6.07, 6.45) is 2.42. The van der Waals surface area contributed by atoms with Gasteiger partial charge >= 0.3 is 0 Å². The van der Waals surface area contributed by atoms with Gasteiger partial charge in [0.25, 0.3) is 0 Å². The van der Waals surface area contributed by atoms with Crippen LogP contribution in [0.15, 0.2) is 24.3 Å². The predicted molar refractivity (Wildman–Crippen MR) is 74.8 cm³/mol. The van der Waals surface area contributed by atoms with E-state index in [4.69, 9.17) is 0 Å². The lowest BCUT2D eigenvalue weighted by Gasteiger charge is -2.36. The third-order valence-corrected chi connectivity index (χ3v) is 4.09. The number of nitrogens with one attached hydrogen (secondary N) is 1. The number of phenolic OH excluding ortho intramolecular Hbond substituents is 1. The third kappa shape index (κ3) is 3.24. The van der Waals surface area contributed by atoms with Crippen molar-refractivity contribution in [1.82, 2.24) is 10.2 Å². The second-order valence-corrected chi connectivity index (χ2v) is 5.53.